The number of fused-ring (bicyclic) bond motifs is 1. The summed E-state index contributed by atoms with van der Waals surface area (Å²) in [6, 6.07) is 9.99. The molecule has 5 rings (SSSR count). The quantitative estimate of drug-likeness (QED) is 0.371. The molecule has 0 radical (unpaired) electrons. The van der Waals surface area contributed by atoms with Crippen molar-refractivity contribution in [3.8, 4) is 11.3 Å². The van der Waals surface area contributed by atoms with Crippen LogP contribution in [0.3, 0.4) is 0 Å². The van der Waals surface area contributed by atoms with E-state index in [1.165, 1.54) is 23.5 Å². The maximum absolute atomic E-state index is 12.6. The summed E-state index contributed by atoms with van der Waals surface area (Å²) in [7, 11) is -3.68. The Balaban J connectivity index is 1.26. The van der Waals surface area contributed by atoms with Crippen LogP contribution >= 0.6 is 11.3 Å². The van der Waals surface area contributed by atoms with Crippen molar-refractivity contribution in [1.29, 1.82) is 0 Å². The van der Waals surface area contributed by atoms with E-state index < -0.39 is 10.0 Å². The standard InChI is InChI=1S/C22H21N5O4S2/c28-20(10-14-3-1-4-16(9-14)33(29,30)27-15-6-8-31-12-15)26-22-25-19(13-32-22)18-11-24-21-17(18)5-2-7-23-21/h1-5,7,9,11,13,15,27H,6,8,10,12H2,(H,23,24)(H,25,26,28)/t15-/m0/s1. The number of hydrogen-bond acceptors (Lipinski definition) is 7. The fourth-order valence-corrected chi connectivity index (χ4v) is 5.76. The number of sulfonamides is 1. The zero-order valence-corrected chi connectivity index (χ0v) is 19.1. The zero-order chi connectivity index (χ0) is 22.8. The first-order valence-corrected chi connectivity index (χ1v) is 12.7. The van der Waals surface area contributed by atoms with Gasteiger partial charge in [0, 0.05) is 41.4 Å². The number of H-pyrrole nitrogens is 1. The van der Waals surface area contributed by atoms with Crippen molar-refractivity contribution in [2.75, 3.05) is 18.5 Å². The van der Waals surface area contributed by atoms with Gasteiger partial charge >= 0.3 is 0 Å². The summed E-state index contributed by atoms with van der Waals surface area (Å²) in [5, 5.41) is 6.10. The van der Waals surface area contributed by atoms with E-state index in [0.717, 1.165) is 22.3 Å². The fourth-order valence-electron chi connectivity index (χ4n) is 3.71. The highest BCUT2D eigenvalue weighted by Crippen LogP contribution is 2.30. The van der Waals surface area contributed by atoms with Gasteiger partial charge in [-0.05, 0) is 36.2 Å². The lowest BCUT2D eigenvalue weighted by Crippen LogP contribution is -2.35. The lowest BCUT2D eigenvalue weighted by Gasteiger charge is -2.12. The number of benzene rings is 1. The molecule has 4 heterocycles. The number of nitrogens with zero attached hydrogens (tertiary/aromatic N) is 2. The number of amides is 1. The lowest BCUT2D eigenvalue weighted by molar-refractivity contribution is -0.115. The predicted octanol–water partition coefficient (Wildman–Crippen LogP) is 2.93. The van der Waals surface area contributed by atoms with E-state index in [1.54, 1.807) is 18.3 Å². The van der Waals surface area contributed by atoms with Crippen molar-refractivity contribution in [1.82, 2.24) is 19.7 Å². The van der Waals surface area contributed by atoms with Crippen molar-refractivity contribution >= 4 is 43.4 Å². The maximum Gasteiger partial charge on any atom is 0.240 e. The van der Waals surface area contributed by atoms with Crippen LogP contribution in [0, 0.1) is 0 Å². The van der Waals surface area contributed by atoms with Crippen LogP contribution in [0.1, 0.15) is 12.0 Å². The highest BCUT2D eigenvalue weighted by molar-refractivity contribution is 7.89. The average Bonchev–Trinajstić information content (AvgIpc) is 3.54. The van der Waals surface area contributed by atoms with Gasteiger partial charge in [-0.1, -0.05) is 12.1 Å². The molecule has 170 valence electrons. The van der Waals surface area contributed by atoms with Crippen LogP contribution in [0.4, 0.5) is 5.13 Å². The number of pyridine rings is 1. The van der Waals surface area contributed by atoms with Gasteiger partial charge in [0.05, 0.1) is 23.6 Å². The van der Waals surface area contributed by atoms with Crippen molar-refractivity contribution in [3.63, 3.8) is 0 Å². The Bertz CT molecular complexity index is 1410. The molecule has 3 aromatic heterocycles. The van der Waals surface area contributed by atoms with Gasteiger partial charge in [-0.15, -0.1) is 11.3 Å². The molecule has 33 heavy (non-hydrogen) atoms. The summed E-state index contributed by atoms with van der Waals surface area (Å²) < 4.78 is 33.2. The Hall–Kier alpha value is -3.12. The minimum atomic E-state index is -3.68. The Morgan fingerprint density at radius 2 is 2.18 bits per heavy atom. The second kappa shape index (κ2) is 9.02. The van der Waals surface area contributed by atoms with Gasteiger partial charge < -0.3 is 15.0 Å². The van der Waals surface area contributed by atoms with Gasteiger partial charge in [-0.2, -0.15) is 0 Å². The van der Waals surface area contributed by atoms with Gasteiger partial charge in [0.25, 0.3) is 0 Å². The Morgan fingerprint density at radius 3 is 3.03 bits per heavy atom. The third-order valence-electron chi connectivity index (χ3n) is 5.30. The topological polar surface area (TPSA) is 126 Å². The number of hydrogen-bond donors (Lipinski definition) is 3. The summed E-state index contributed by atoms with van der Waals surface area (Å²) in [5.74, 6) is -0.275. The van der Waals surface area contributed by atoms with Gasteiger partial charge in [-0.25, -0.2) is 23.1 Å². The largest absolute Gasteiger partial charge is 0.380 e. The monoisotopic (exact) mass is 483 g/mol. The first kappa shape index (κ1) is 21.7. The molecular formula is C22H21N5O4S2. The van der Waals surface area contributed by atoms with Crippen LogP contribution in [-0.2, 0) is 26.0 Å². The molecule has 1 atom stereocenters. The molecule has 9 nitrogen and oxygen atoms in total. The number of aromatic amines is 1. The number of ether oxygens (including phenoxy) is 1. The Kier molecular flexibility index (Phi) is 5.94. The molecular weight excluding hydrogens is 462 g/mol. The molecule has 3 N–H and O–H groups in total. The van der Waals surface area contributed by atoms with Crippen LogP contribution in [0.2, 0.25) is 0 Å². The molecule has 0 saturated carbocycles. The van der Waals surface area contributed by atoms with E-state index in [4.69, 9.17) is 4.74 Å². The molecule has 1 aliphatic heterocycles. The first-order valence-electron chi connectivity index (χ1n) is 10.3. The number of thiazole rings is 1. The predicted molar refractivity (Wildman–Crippen MR) is 126 cm³/mol. The van der Waals surface area contributed by atoms with Gasteiger partial charge in [0.2, 0.25) is 15.9 Å². The number of nitrogens with one attached hydrogen (secondary N) is 3. The van der Waals surface area contributed by atoms with E-state index >= 15 is 0 Å². The first-order chi connectivity index (χ1) is 16.0. The van der Waals surface area contributed by atoms with E-state index in [2.05, 4.69) is 25.0 Å². The van der Waals surface area contributed by atoms with Gasteiger partial charge in [-0.3, -0.25) is 4.79 Å². The zero-order valence-electron chi connectivity index (χ0n) is 17.4. The molecule has 0 aliphatic carbocycles. The maximum atomic E-state index is 12.6. The molecule has 0 bridgehead atoms. The third kappa shape index (κ3) is 4.81. The summed E-state index contributed by atoms with van der Waals surface area (Å²) >= 11 is 1.33. The molecule has 1 saturated heterocycles. The molecule has 1 fully saturated rings. The van der Waals surface area contributed by atoms with E-state index in [-0.39, 0.29) is 23.3 Å². The van der Waals surface area contributed by atoms with Crippen molar-refractivity contribution < 1.29 is 17.9 Å². The number of anilines is 1. The smallest absolute Gasteiger partial charge is 0.240 e. The van der Waals surface area contributed by atoms with E-state index in [1.807, 2.05) is 23.7 Å². The number of rotatable bonds is 7. The SMILES string of the molecule is O=C(Cc1cccc(S(=O)(=O)N[C@H]2CCOC2)c1)Nc1nc(-c2c[nH]c3ncccc23)cs1. The summed E-state index contributed by atoms with van der Waals surface area (Å²) in [5.41, 5.74) is 3.02. The second-order valence-electron chi connectivity index (χ2n) is 7.69. The highest BCUT2D eigenvalue weighted by Gasteiger charge is 2.23. The highest BCUT2D eigenvalue weighted by atomic mass is 32.2. The lowest BCUT2D eigenvalue weighted by atomic mass is 10.1. The van der Waals surface area contributed by atoms with Crippen LogP contribution < -0.4 is 10.0 Å². The van der Waals surface area contributed by atoms with Crippen molar-refractivity contribution in [2.45, 2.75) is 23.8 Å². The molecule has 1 aromatic carbocycles. The normalized spacial score (nSPS) is 16.3. The van der Waals surface area contributed by atoms with E-state index in [0.29, 0.717) is 30.3 Å². The molecule has 4 aromatic rings. The minimum absolute atomic E-state index is 0.0296. The number of carbonyl (C=O) groups excluding carboxylic acids is 1. The summed E-state index contributed by atoms with van der Waals surface area (Å²) in [6.45, 7) is 0.912. The molecule has 0 spiro atoms. The van der Waals surface area contributed by atoms with E-state index in [9.17, 15) is 13.2 Å². The Labute approximate surface area is 194 Å². The van der Waals surface area contributed by atoms with Gasteiger partial charge in [0.1, 0.15) is 5.65 Å². The van der Waals surface area contributed by atoms with Crippen molar-refractivity contribution in [2.24, 2.45) is 0 Å². The van der Waals surface area contributed by atoms with Crippen LogP contribution in [0.25, 0.3) is 22.3 Å². The molecule has 1 amide bonds. The summed E-state index contributed by atoms with van der Waals surface area (Å²) in [6.07, 6.45) is 4.23. The molecule has 11 heteroatoms. The van der Waals surface area contributed by atoms with Crippen molar-refractivity contribution in [3.05, 3.63) is 59.7 Å². The molecule has 0 unspecified atom stereocenters. The minimum Gasteiger partial charge on any atom is -0.380 e. The second-order valence-corrected chi connectivity index (χ2v) is 10.3. The number of aromatic nitrogens is 3. The summed E-state index contributed by atoms with van der Waals surface area (Å²) in [4.78, 5) is 24.6. The average molecular weight is 484 g/mol. The molecule has 1 aliphatic rings. The Morgan fingerprint density at radius 1 is 1.27 bits per heavy atom. The van der Waals surface area contributed by atoms with Crippen LogP contribution in [-0.4, -0.2) is 48.5 Å². The van der Waals surface area contributed by atoms with Gasteiger partial charge in [0.15, 0.2) is 5.13 Å². The van der Waals surface area contributed by atoms with Crippen LogP contribution in [0.15, 0.2) is 59.1 Å². The van der Waals surface area contributed by atoms with Crippen LogP contribution in [0.5, 0.6) is 0 Å². The fraction of sp³-hybridized carbons (Fsp3) is 0.227. The number of carbonyl (C=O) groups is 1. The third-order valence-corrected chi connectivity index (χ3v) is 7.58.